The maximum absolute atomic E-state index is 11.1. The lowest BCUT2D eigenvalue weighted by Gasteiger charge is -2.10. The van der Waals surface area contributed by atoms with Crippen LogP contribution in [0.3, 0.4) is 0 Å². The van der Waals surface area contributed by atoms with Gasteiger partial charge in [0, 0.05) is 20.5 Å². The molecule has 1 amide bonds. The first-order valence-corrected chi connectivity index (χ1v) is 5.14. The van der Waals surface area contributed by atoms with Crippen LogP contribution in [0.1, 0.15) is 19.8 Å². The molecule has 0 saturated heterocycles. The van der Waals surface area contributed by atoms with Gasteiger partial charge >= 0.3 is 5.97 Å². The van der Waals surface area contributed by atoms with Crippen molar-refractivity contribution in [2.75, 3.05) is 33.8 Å². The predicted molar refractivity (Wildman–Crippen MR) is 57.4 cm³/mol. The Kier molecular flexibility index (Phi) is 7.62. The topological polar surface area (TPSA) is 58.6 Å². The van der Waals surface area contributed by atoms with Gasteiger partial charge in [0.1, 0.15) is 0 Å². The fourth-order valence-corrected chi connectivity index (χ4v) is 0.944. The number of rotatable bonds is 7. The van der Waals surface area contributed by atoms with E-state index in [1.807, 2.05) is 0 Å². The van der Waals surface area contributed by atoms with Gasteiger partial charge in [-0.2, -0.15) is 0 Å². The van der Waals surface area contributed by atoms with E-state index < -0.39 is 0 Å². The number of nitrogens with one attached hydrogen (secondary N) is 1. The Hall–Kier alpha value is -1.10. The van der Waals surface area contributed by atoms with Crippen molar-refractivity contribution in [3.05, 3.63) is 0 Å². The summed E-state index contributed by atoms with van der Waals surface area (Å²) < 4.78 is 4.77. The molecule has 5 nitrogen and oxygen atoms in total. The molecule has 0 radical (unpaired) electrons. The maximum atomic E-state index is 11.1. The van der Waals surface area contributed by atoms with Crippen LogP contribution in [0.15, 0.2) is 0 Å². The van der Waals surface area contributed by atoms with Crippen molar-refractivity contribution >= 4 is 11.9 Å². The van der Waals surface area contributed by atoms with E-state index in [4.69, 9.17) is 4.74 Å². The van der Waals surface area contributed by atoms with Crippen molar-refractivity contribution in [2.45, 2.75) is 19.8 Å². The summed E-state index contributed by atoms with van der Waals surface area (Å²) in [6.07, 6.45) is 1.09. The fraction of sp³-hybridized carbons (Fsp3) is 0.800. The zero-order valence-electron chi connectivity index (χ0n) is 9.71. The Labute approximate surface area is 90.8 Å². The zero-order valence-corrected chi connectivity index (χ0v) is 9.71. The molecule has 0 aliphatic carbocycles. The molecular weight excluding hydrogens is 196 g/mol. The van der Waals surface area contributed by atoms with Gasteiger partial charge in [-0.15, -0.1) is 0 Å². The Morgan fingerprint density at radius 1 is 1.33 bits per heavy atom. The molecule has 0 fully saturated rings. The number of carbonyl (C=O) groups is 2. The molecule has 0 aromatic rings. The molecule has 0 bridgehead atoms. The van der Waals surface area contributed by atoms with E-state index >= 15 is 0 Å². The minimum Gasteiger partial charge on any atom is -0.466 e. The summed E-state index contributed by atoms with van der Waals surface area (Å²) in [7, 11) is 3.42. The van der Waals surface area contributed by atoms with Gasteiger partial charge in [-0.25, -0.2) is 0 Å². The number of likely N-dealkylation sites (N-methyl/N-ethyl adjacent to an activating group) is 1. The summed E-state index contributed by atoms with van der Waals surface area (Å²) in [5, 5.41) is 2.96. The van der Waals surface area contributed by atoms with Gasteiger partial charge in [-0.05, 0) is 19.9 Å². The Morgan fingerprint density at radius 2 is 2.00 bits per heavy atom. The molecule has 0 unspecified atom stereocenters. The molecule has 0 atom stereocenters. The highest BCUT2D eigenvalue weighted by molar-refractivity contribution is 5.77. The molecule has 5 heteroatoms. The van der Waals surface area contributed by atoms with E-state index in [-0.39, 0.29) is 11.9 Å². The first kappa shape index (κ1) is 13.9. The van der Waals surface area contributed by atoms with Crippen LogP contribution in [0.2, 0.25) is 0 Å². The van der Waals surface area contributed by atoms with E-state index in [1.54, 1.807) is 21.0 Å². The van der Waals surface area contributed by atoms with Crippen LogP contribution in [-0.2, 0) is 14.3 Å². The van der Waals surface area contributed by atoms with Gasteiger partial charge in [0.05, 0.1) is 13.2 Å². The highest BCUT2D eigenvalue weighted by atomic mass is 16.5. The number of amides is 1. The van der Waals surface area contributed by atoms with Gasteiger partial charge in [0.15, 0.2) is 0 Å². The summed E-state index contributed by atoms with van der Waals surface area (Å²) in [4.78, 5) is 23.6. The third kappa shape index (κ3) is 7.93. The molecule has 0 saturated carbocycles. The summed E-state index contributed by atoms with van der Waals surface area (Å²) in [6, 6.07) is 0. The molecule has 0 aliphatic rings. The van der Waals surface area contributed by atoms with Gasteiger partial charge < -0.3 is 15.0 Å². The quantitative estimate of drug-likeness (QED) is 0.481. The minimum atomic E-state index is -0.182. The number of esters is 1. The second-order valence-corrected chi connectivity index (χ2v) is 3.37. The molecule has 88 valence electrons. The average molecular weight is 216 g/mol. The van der Waals surface area contributed by atoms with E-state index in [9.17, 15) is 9.59 Å². The highest BCUT2D eigenvalue weighted by Gasteiger charge is 2.03. The van der Waals surface area contributed by atoms with Crippen LogP contribution in [0.4, 0.5) is 0 Å². The molecule has 0 aliphatic heterocycles. The molecule has 0 aromatic heterocycles. The molecular formula is C10H20N2O3. The minimum absolute atomic E-state index is 0.0335. The first-order chi connectivity index (χ1) is 7.07. The average Bonchev–Trinajstić information content (AvgIpc) is 2.17. The van der Waals surface area contributed by atoms with Crippen molar-refractivity contribution in [3.8, 4) is 0 Å². The highest BCUT2D eigenvalue weighted by Crippen LogP contribution is 1.91. The number of hydrogen-bond acceptors (Lipinski definition) is 4. The fourth-order valence-electron chi connectivity index (χ4n) is 0.944. The van der Waals surface area contributed by atoms with Crippen molar-refractivity contribution in [3.63, 3.8) is 0 Å². The normalized spacial score (nSPS) is 9.80. The van der Waals surface area contributed by atoms with E-state index in [0.29, 0.717) is 32.5 Å². The van der Waals surface area contributed by atoms with E-state index in [0.717, 1.165) is 0 Å². The van der Waals surface area contributed by atoms with Crippen LogP contribution >= 0.6 is 0 Å². The Morgan fingerprint density at radius 3 is 2.53 bits per heavy atom. The third-order valence-electron chi connectivity index (χ3n) is 1.81. The maximum Gasteiger partial charge on any atom is 0.305 e. The lowest BCUT2D eigenvalue weighted by molar-refractivity contribution is -0.143. The van der Waals surface area contributed by atoms with Crippen molar-refractivity contribution in [1.82, 2.24) is 10.2 Å². The molecule has 0 heterocycles. The summed E-state index contributed by atoms with van der Waals surface area (Å²) in [6.45, 7) is 3.17. The summed E-state index contributed by atoms with van der Waals surface area (Å²) >= 11 is 0. The standard InChI is InChI=1S/C10H20N2O3/c1-4-15-10(14)6-5-7-11-8-9(13)12(2)3/h11H,4-8H2,1-3H3. The second-order valence-electron chi connectivity index (χ2n) is 3.37. The zero-order chi connectivity index (χ0) is 11.7. The predicted octanol–water partition coefficient (Wildman–Crippen LogP) is 0.00750. The van der Waals surface area contributed by atoms with Crippen LogP contribution in [0.25, 0.3) is 0 Å². The van der Waals surface area contributed by atoms with Gasteiger partial charge in [-0.3, -0.25) is 9.59 Å². The number of hydrogen-bond donors (Lipinski definition) is 1. The Bertz CT molecular complexity index is 205. The molecule has 0 rings (SSSR count). The van der Waals surface area contributed by atoms with Crippen molar-refractivity contribution in [2.24, 2.45) is 0 Å². The van der Waals surface area contributed by atoms with Crippen LogP contribution in [0.5, 0.6) is 0 Å². The van der Waals surface area contributed by atoms with E-state index in [1.165, 1.54) is 4.90 Å². The summed E-state index contributed by atoms with van der Waals surface area (Å²) in [5.74, 6) is -0.149. The lowest BCUT2D eigenvalue weighted by atomic mass is 10.3. The summed E-state index contributed by atoms with van der Waals surface area (Å²) in [5.41, 5.74) is 0. The number of ether oxygens (including phenoxy) is 1. The monoisotopic (exact) mass is 216 g/mol. The smallest absolute Gasteiger partial charge is 0.305 e. The van der Waals surface area contributed by atoms with Crippen LogP contribution < -0.4 is 5.32 Å². The molecule has 1 N–H and O–H groups in total. The lowest BCUT2D eigenvalue weighted by Crippen LogP contribution is -2.33. The molecule has 0 spiro atoms. The molecule has 0 aromatic carbocycles. The third-order valence-corrected chi connectivity index (χ3v) is 1.81. The SMILES string of the molecule is CCOC(=O)CCCNCC(=O)N(C)C. The second kappa shape index (κ2) is 8.23. The first-order valence-electron chi connectivity index (χ1n) is 5.14. The number of nitrogens with zero attached hydrogens (tertiary/aromatic N) is 1. The van der Waals surface area contributed by atoms with Crippen molar-refractivity contribution < 1.29 is 14.3 Å². The van der Waals surface area contributed by atoms with E-state index in [2.05, 4.69) is 5.32 Å². The number of carbonyl (C=O) groups excluding carboxylic acids is 2. The van der Waals surface area contributed by atoms with Gasteiger partial charge in [0.2, 0.25) is 5.91 Å². The van der Waals surface area contributed by atoms with Gasteiger partial charge in [-0.1, -0.05) is 0 Å². The Balaban J connectivity index is 3.32. The largest absolute Gasteiger partial charge is 0.466 e. The van der Waals surface area contributed by atoms with Crippen LogP contribution in [0, 0.1) is 0 Å². The van der Waals surface area contributed by atoms with Crippen LogP contribution in [-0.4, -0.2) is 50.6 Å². The molecule has 15 heavy (non-hydrogen) atoms. The van der Waals surface area contributed by atoms with Crippen molar-refractivity contribution in [1.29, 1.82) is 0 Å². The van der Waals surface area contributed by atoms with Gasteiger partial charge in [0.25, 0.3) is 0 Å².